The topological polar surface area (TPSA) is 104 Å². The lowest BCUT2D eigenvalue weighted by molar-refractivity contribution is -0.142. The lowest BCUT2D eigenvalue weighted by atomic mass is 10.1. The van der Waals surface area contributed by atoms with E-state index in [2.05, 4.69) is 5.32 Å². The van der Waals surface area contributed by atoms with Gasteiger partial charge in [-0.1, -0.05) is 12.8 Å². The summed E-state index contributed by atoms with van der Waals surface area (Å²) in [6, 6.07) is -1.21. The third-order valence-electron chi connectivity index (χ3n) is 3.27. The minimum atomic E-state index is -3.04. The van der Waals surface area contributed by atoms with E-state index in [4.69, 9.17) is 5.11 Å². The largest absolute Gasteiger partial charge is 0.480 e. The molecule has 1 heterocycles. The molecule has 20 heavy (non-hydrogen) atoms. The highest BCUT2D eigenvalue weighted by atomic mass is 32.2. The molecule has 1 aliphatic rings. The van der Waals surface area contributed by atoms with Gasteiger partial charge in [-0.2, -0.15) is 0 Å². The Balaban J connectivity index is 2.48. The molecule has 8 heteroatoms. The third kappa shape index (κ3) is 5.77. The number of carbonyl (C=O) groups excluding carboxylic acids is 1. The zero-order valence-electron chi connectivity index (χ0n) is 11.7. The van der Waals surface area contributed by atoms with Crippen molar-refractivity contribution in [1.82, 2.24) is 10.2 Å². The lowest BCUT2D eigenvalue weighted by Gasteiger charge is -2.27. The highest BCUT2D eigenvalue weighted by Gasteiger charge is 2.30. The summed E-state index contributed by atoms with van der Waals surface area (Å²) in [7, 11) is -3.04. The maximum atomic E-state index is 12.0. The SMILES string of the molecule is CS(=O)(=O)CCCNC(=O)N1CCCCCC1C(=O)O. The fraction of sp³-hybridized carbons (Fsp3) is 0.833. The predicted molar refractivity (Wildman–Crippen MR) is 74.3 cm³/mol. The van der Waals surface area contributed by atoms with Crippen LogP contribution in [0, 0.1) is 0 Å². The first kappa shape index (κ1) is 16.7. The first-order chi connectivity index (χ1) is 9.31. The van der Waals surface area contributed by atoms with Crippen LogP contribution in [0.4, 0.5) is 4.79 Å². The van der Waals surface area contributed by atoms with Gasteiger partial charge in [0.15, 0.2) is 0 Å². The zero-order chi connectivity index (χ0) is 15.2. The van der Waals surface area contributed by atoms with Crippen LogP contribution in [0.3, 0.4) is 0 Å². The van der Waals surface area contributed by atoms with Crippen LogP contribution in [0.5, 0.6) is 0 Å². The van der Waals surface area contributed by atoms with E-state index in [1.165, 1.54) is 4.90 Å². The maximum absolute atomic E-state index is 12.0. The van der Waals surface area contributed by atoms with E-state index in [9.17, 15) is 18.0 Å². The lowest BCUT2D eigenvalue weighted by Crippen LogP contribution is -2.49. The third-order valence-corrected chi connectivity index (χ3v) is 4.30. The smallest absolute Gasteiger partial charge is 0.326 e. The summed E-state index contributed by atoms with van der Waals surface area (Å²) < 4.78 is 21.9. The molecular weight excluding hydrogens is 284 g/mol. The Morgan fingerprint density at radius 2 is 2.00 bits per heavy atom. The molecule has 0 aromatic heterocycles. The number of nitrogens with one attached hydrogen (secondary N) is 1. The van der Waals surface area contributed by atoms with Gasteiger partial charge < -0.3 is 15.3 Å². The van der Waals surface area contributed by atoms with Gasteiger partial charge in [0.25, 0.3) is 0 Å². The van der Waals surface area contributed by atoms with E-state index < -0.39 is 27.9 Å². The number of hydrogen-bond acceptors (Lipinski definition) is 4. The Labute approximate surface area is 119 Å². The van der Waals surface area contributed by atoms with Crippen molar-refractivity contribution < 1.29 is 23.1 Å². The number of hydrogen-bond donors (Lipinski definition) is 2. The Kier molecular flexibility index (Phi) is 6.25. The first-order valence-corrected chi connectivity index (χ1v) is 8.82. The summed E-state index contributed by atoms with van der Waals surface area (Å²) in [5.41, 5.74) is 0. The highest BCUT2D eigenvalue weighted by molar-refractivity contribution is 7.90. The van der Waals surface area contributed by atoms with Crippen LogP contribution >= 0.6 is 0 Å². The number of carbonyl (C=O) groups is 2. The van der Waals surface area contributed by atoms with Gasteiger partial charge in [-0.3, -0.25) is 0 Å². The molecule has 0 spiro atoms. The number of sulfone groups is 1. The second kappa shape index (κ2) is 7.47. The van der Waals surface area contributed by atoms with Crippen molar-refractivity contribution in [2.24, 2.45) is 0 Å². The Hall–Kier alpha value is -1.31. The van der Waals surface area contributed by atoms with Gasteiger partial charge in [-0.15, -0.1) is 0 Å². The summed E-state index contributed by atoms with van der Waals surface area (Å²) in [6.45, 7) is 0.656. The van der Waals surface area contributed by atoms with E-state index in [-0.39, 0.29) is 12.3 Å². The number of rotatable bonds is 5. The van der Waals surface area contributed by atoms with E-state index in [1.807, 2.05) is 0 Å². The zero-order valence-corrected chi connectivity index (χ0v) is 12.5. The molecule has 1 atom stereocenters. The van der Waals surface area contributed by atoms with Crippen molar-refractivity contribution >= 4 is 21.8 Å². The van der Waals surface area contributed by atoms with Crippen LogP contribution in [0.25, 0.3) is 0 Å². The molecule has 1 saturated heterocycles. The van der Waals surface area contributed by atoms with Gasteiger partial charge in [-0.05, 0) is 19.3 Å². The minimum Gasteiger partial charge on any atom is -0.480 e. The van der Waals surface area contributed by atoms with Gasteiger partial charge in [0, 0.05) is 19.3 Å². The number of likely N-dealkylation sites (tertiary alicyclic amines) is 1. The fourth-order valence-corrected chi connectivity index (χ4v) is 2.91. The van der Waals surface area contributed by atoms with Gasteiger partial charge in [0.1, 0.15) is 15.9 Å². The van der Waals surface area contributed by atoms with Crippen LogP contribution in [0.2, 0.25) is 0 Å². The molecule has 1 rings (SSSR count). The quantitative estimate of drug-likeness (QED) is 0.718. The van der Waals surface area contributed by atoms with Gasteiger partial charge in [-0.25, -0.2) is 18.0 Å². The second-order valence-electron chi connectivity index (χ2n) is 5.11. The molecule has 2 amide bonds. The summed E-state index contributed by atoms with van der Waals surface area (Å²) in [5.74, 6) is -0.978. The van der Waals surface area contributed by atoms with Crippen molar-refractivity contribution in [1.29, 1.82) is 0 Å². The Morgan fingerprint density at radius 3 is 2.60 bits per heavy atom. The number of carboxylic acid groups (broad SMARTS) is 1. The molecule has 0 aromatic rings. The molecule has 0 saturated carbocycles. The number of nitrogens with zero attached hydrogens (tertiary/aromatic N) is 1. The average Bonchev–Trinajstić information content (AvgIpc) is 2.58. The van der Waals surface area contributed by atoms with Crippen molar-refractivity contribution in [2.45, 2.75) is 38.1 Å². The van der Waals surface area contributed by atoms with Crippen molar-refractivity contribution in [2.75, 3.05) is 25.1 Å². The molecule has 0 bridgehead atoms. The molecule has 0 radical (unpaired) electrons. The van der Waals surface area contributed by atoms with E-state index in [1.54, 1.807) is 0 Å². The van der Waals surface area contributed by atoms with Crippen LogP contribution in [-0.2, 0) is 14.6 Å². The molecule has 0 aromatic carbocycles. The molecule has 116 valence electrons. The summed E-state index contributed by atoms with van der Waals surface area (Å²) in [6.07, 6.45) is 4.45. The first-order valence-electron chi connectivity index (χ1n) is 6.76. The predicted octanol–water partition coefficient (Wildman–Crippen LogP) is 0.460. The molecule has 2 N–H and O–H groups in total. The maximum Gasteiger partial charge on any atom is 0.326 e. The molecule has 1 aliphatic heterocycles. The van der Waals surface area contributed by atoms with Crippen LogP contribution in [0.15, 0.2) is 0 Å². The second-order valence-corrected chi connectivity index (χ2v) is 7.37. The van der Waals surface area contributed by atoms with Crippen LogP contribution in [-0.4, -0.2) is 61.6 Å². The van der Waals surface area contributed by atoms with E-state index in [0.717, 1.165) is 25.5 Å². The van der Waals surface area contributed by atoms with Gasteiger partial charge in [0.05, 0.1) is 5.75 Å². The molecular formula is C12H22N2O5S. The van der Waals surface area contributed by atoms with E-state index in [0.29, 0.717) is 19.4 Å². The van der Waals surface area contributed by atoms with Crippen molar-refractivity contribution in [3.8, 4) is 0 Å². The standard InChI is InChI=1S/C12H22N2O5S/c1-20(18,19)9-5-7-13-12(17)14-8-4-2-3-6-10(14)11(15)16/h10H,2-9H2,1H3,(H,13,17)(H,15,16). The summed E-state index contributed by atoms with van der Waals surface area (Å²) >= 11 is 0. The summed E-state index contributed by atoms with van der Waals surface area (Å²) in [5, 5.41) is 11.8. The van der Waals surface area contributed by atoms with Crippen LogP contribution < -0.4 is 5.32 Å². The normalized spacial score (nSPS) is 20.2. The molecule has 7 nitrogen and oxygen atoms in total. The minimum absolute atomic E-state index is 0.00956. The van der Waals surface area contributed by atoms with Gasteiger partial charge >= 0.3 is 12.0 Å². The Morgan fingerprint density at radius 1 is 1.30 bits per heavy atom. The number of amides is 2. The monoisotopic (exact) mass is 306 g/mol. The van der Waals surface area contributed by atoms with Crippen molar-refractivity contribution in [3.63, 3.8) is 0 Å². The molecule has 0 aliphatic carbocycles. The Bertz CT molecular complexity index is 449. The number of urea groups is 1. The number of aliphatic carboxylic acids is 1. The number of carboxylic acids is 1. The van der Waals surface area contributed by atoms with Crippen LogP contribution in [0.1, 0.15) is 32.1 Å². The molecule has 1 unspecified atom stereocenters. The highest BCUT2D eigenvalue weighted by Crippen LogP contribution is 2.17. The van der Waals surface area contributed by atoms with Crippen molar-refractivity contribution in [3.05, 3.63) is 0 Å². The fourth-order valence-electron chi connectivity index (χ4n) is 2.24. The average molecular weight is 306 g/mol. The van der Waals surface area contributed by atoms with E-state index >= 15 is 0 Å². The molecule has 1 fully saturated rings. The summed E-state index contributed by atoms with van der Waals surface area (Å²) in [4.78, 5) is 24.5. The van der Waals surface area contributed by atoms with Gasteiger partial charge in [0.2, 0.25) is 0 Å².